The van der Waals surface area contributed by atoms with Gasteiger partial charge < -0.3 is 10.1 Å². The Balaban J connectivity index is 1.99. The highest BCUT2D eigenvalue weighted by Crippen LogP contribution is 2.28. The summed E-state index contributed by atoms with van der Waals surface area (Å²) in [6, 6.07) is 11.8. The van der Waals surface area contributed by atoms with Gasteiger partial charge in [-0.05, 0) is 36.2 Å². The molecule has 1 amide bonds. The van der Waals surface area contributed by atoms with E-state index in [0.29, 0.717) is 23.4 Å². The summed E-state index contributed by atoms with van der Waals surface area (Å²) in [6.45, 7) is 0. The minimum Gasteiger partial charge on any atom is -0.495 e. The maximum Gasteiger partial charge on any atom is 0.224 e. The number of methoxy groups -OCH3 is 1. The number of amides is 1. The molecule has 0 aliphatic heterocycles. The second-order valence-corrected chi connectivity index (χ2v) is 5.40. The summed E-state index contributed by atoms with van der Waals surface area (Å²) in [7, 11) is 1.54. The second kappa shape index (κ2) is 7.22. The van der Waals surface area contributed by atoms with Gasteiger partial charge in [-0.25, -0.2) is 4.39 Å². The molecule has 2 aromatic carbocycles. The Bertz CT molecular complexity index is 646. The summed E-state index contributed by atoms with van der Waals surface area (Å²) in [6.07, 6.45) is 0.561. The van der Waals surface area contributed by atoms with Crippen molar-refractivity contribution in [3.63, 3.8) is 0 Å². The predicted octanol–water partition coefficient (Wildman–Crippen LogP) is 4.17. The van der Waals surface area contributed by atoms with Gasteiger partial charge in [0.15, 0.2) is 0 Å². The van der Waals surface area contributed by atoms with Crippen molar-refractivity contribution >= 4 is 27.5 Å². The number of carbonyl (C=O) groups is 1. The van der Waals surface area contributed by atoms with Crippen molar-refractivity contribution in [2.24, 2.45) is 0 Å². The summed E-state index contributed by atoms with van der Waals surface area (Å²) in [5, 5.41) is 2.78. The first kappa shape index (κ1) is 15.5. The van der Waals surface area contributed by atoms with Crippen molar-refractivity contribution in [3.8, 4) is 5.75 Å². The van der Waals surface area contributed by atoms with Crippen LogP contribution >= 0.6 is 15.9 Å². The van der Waals surface area contributed by atoms with Crippen LogP contribution in [0.1, 0.15) is 12.0 Å². The van der Waals surface area contributed by atoms with Crippen molar-refractivity contribution in [1.82, 2.24) is 0 Å². The molecule has 0 atom stereocenters. The number of aryl methyl sites for hydroxylation is 1. The van der Waals surface area contributed by atoms with Crippen LogP contribution in [0.5, 0.6) is 5.75 Å². The minimum absolute atomic E-state index is 0.186. The average Bonchev–Trinajstić information content (AvgIpc) is 2.47. The fourth-order valence-corrected chi connectivity index (χ4v) is 2.30. The first-order chi connectivity index (χ1) is 10.1. The summed E-state index contributed by atoms with van der Waals surface area (Å²) in [5.41, 5.74) is 1.12. The molecule has 0 aliphatic rings. The lowest BCUT2D eigenvalue weighted by Crippen LogP contribution is -2.13. The Morgan fingerprint density at radius 1 is 1.29 bits per heavy atom. The van der Waals surface area contributed by atoms with Crippen molar-refractivity contribution in [2.75, 3.05) is 12.4 Å². The molecule has 0 radical (unpaired) electrons. The molecule has 0 aromatic heterocycles. The Morgan fingerprint density at radius 3 is 2.76 bits per heavy atom. The molecule has 0 fully saturated rings. The Hall–Kier alpha value is -1.88. The van der Waals surface area contributed by atoms with E-state index in [4.69, 9.17) is 4.74 Å². The van der Waals surface area contributed by atoms with Gasteiger partial charge >= 0.3 is 0 Å². The molecule has 0 unspecified atom stereocenters. The third-order valence-corrected chi connectivity index (χ3v) is 3.51. The number of anilines is 1. The third kappa shape index (κ3) is 4.29. The Kier molecular flexibility index (Phi) is 5.33. The van der Waals surface area contributed by atoms with Gasteiger partial charge in [-0.1, -0.05) is 34.1 Å². The molecule has 0 saturated heterocycles. The van der Waals surface area contributed by atoms with Crippen molar-refractivity contribution in [3.05, 3.63) is 58.3 Å². The number of halogens is 2. The van der Waals surface area contributed by atoms with Gasteiger partial charge in [-0.2, -0.15) is 0 Å². The Morgan fingerprint density at radius 2 is 2.05 bits per heavy atom. The molecule has 0 aliphatic carbocycles. The molecule has 2 rings (SSSR count). The molecule has 110 valence electrons. The molecule has 3 nitrogen and oxygen atoms in total. The lowest BCUT2D eigenvalue weighted by Gasteiger charge is -2.10. The Labute approximate surface area is 131 Å². The summed E-state index contributed by atoms with van der Waals surface area (Å²) >= 11 is 3.34. The second-order valence-electron chi connectivity index (χ2n) is 4.48. The molecular formula is C16H15BrFNO2. The topological polar surface area (TPSA) is 38.3 Å². The normalized spacial score (nSPS) is 10.2. The molecule has 0 saturated carbocycles. The highest BCUT2D eigenvalue weighted by atomic mass is 79.9. The SMILES string of the molecule is COc1ccc(Br)cc1NC(=O)CCc1ccccc1F. The van der Waals surface area contributed by atoms with Crippen LogP contribution in [-0.2, 0) is 11.2 Å². The first-order valence-electron chi connectivity index (χ1n) is 6.47. The number of ether oxygens (including phenoxy) is 1. The van der Waals surface area contributed by atoms with Crippen molar-refractivity contribution in [1.29, 1.82) is 0 Å². The van der Waals surface area contributed by atoms with E-state index in [1.807, 2.05) is 6.07 Å². The van der Waals surface area contributed by atoms with Crippen LogP contribution in [0.4, 0.5) is 10.1 Å². The van der Waals surface area contributed by atoms with Crippen LogP contribution in [0, 0.1) is 5.82 Å². The van der Waals surface area contributed by atoms with E-state index in [2.05, 4.69) is 21.2 Å². The molecule has 0 heterocycles. The largest absolute Gasteiger partial charge is 0.495 e. The van der Waals surface area contributed by atoms with E-state index < -0.39 is 0 Å². The number of rotatable bonds is 5. The maximum absolute atomic E-state index is 13.5. The lowest BCUT2D eigenvalue weighted by atomic mass is 10.1. The minimum atomic E-state index is -0.287. The molecule has 5 heteroatoms. The summed E-state index contributed by atoms with van der Waals surface area (Å²) < 4.78 is 19.5. The van der Waals surface area contributed by atoms with Crippen molar-refractivity contribution < 1.29 is 13.9 Å². The number of benzene rings is 2. The fourth-order valence-electron chi connectivity index (χ4n) is 1.94. The van der Waals surface area contributed by atoms with Gasteiger partial charge in [0.1, 0.15) is 11.6 Å². The fraction of sp³-hybridized carbons (Fsp3) is 0.188. The van der Waals surface area contributed by atoms with Crippen molar-refractivity contribution in [2.45, 2.75) is 12.8 Å². The van der Waals surface area contributed by atoms with Crippen LogP contribution in [0.3, 0.4) is 0 Å². The molecular weight excluding hydrogens is 337 g/mol. The predicted molar refractivity (Wildman–Crippen MR) is 84.0 cm³/mol. The summed E-state index contributed by atoms with van der Waals surface area (Å²) in [4.78, 5) is 12.0. The zero-order valence-electron chi connectivity index (χ0n) is 11.5. The quantitative estimate of drug-likeness (QED) is 0.877. The van der Waals surface area contributed by atoms with Crippen LogP contribution < -0.4 is 10.1 Å². The van der Waals surface area contributed by atoms with E-state index in [9.17, 15) is 9.18 Å². The standard InChI is InChI=1S/C16H15BrFNO2/c1-21-15-8-7-12(17)10-14(15)19-16(20)9-6-11-4-2-3-5-13(11)18/h2-5,7-8,10H,6,9H2,1H3,(H,19,20). The molecule has 2 aromatic rings. The van der Waals surface area contributed by atoms with E-state index >= 15 is 0 Å². The molecule has 0 spiro atoms. The highest BCUT2D eigenvalue weighted by molar-refractivity contribution is 9.10. The van der Waals surface area contributed by atoms with E-state index in [0.717, 1.165) is 4.47 Å². The zero-order chi connectivity index (χ0) is 15.2. The number of hydrogen-bond donors (Lipinski definition) is 1. The number of hydrogen-bond acceptors (Lipinski definition) is 2. The van der Waals surface area contributed by atoms with Gasteiger partial charge in [0, 0.05) is 10.9 Å². The maximum atomic E-state index is 13.5. The van der Waals surface area contributed by atoms with Crippen LogP contribution in [0.15, 0.2) is 46.9 Å². The van der Waals surface area contributed by atoms with Crippen LogP contribution in [0.2, 0.25) is 0 Å². The summed E-state index contributed by atoms with van der Waals surface area (Å²) in [5.74, 6) is 0.109. The van der Waals surface area contributed by atoms with Crippen LogP contribution in [-0.4, -0.2) is 13.0 Å². The van der Waals surface area contributed by atoms with Gasteiger partial charge in [0.25, 0.3) is 0 Å². The van der Waals surface area contributed by atoms with E-state index in [1.54, 1.807) is 30.3 Å². The lowest BCUT2D eigenvalue weighted by molar-refractivity contribution is -0.116. The monoisotopic (exact) mass is 351 g/mol. The van der Waals surface area contributed by atoms with E-state index in [-0.39, 0.29) is 18.1 Å². The number of nitrogens with one attached hydrogen (secondary N) is 1. The first-order valence-corrected chi connectivity index (χ1v) is 7.26. The highest BCUT2D eigenvalue weighted by Gasteiger charge is 2.09. The molecule has 0 bridgehead atoms. The van der Waals surface area contributed by atoms with Gasteiger partial charge in [0.05, 0.1) is 12.8 Å². The molecule has 1 N–H and O–H groups in total. The van der Waals surface area contributed by atoms with Crippen LogP contribution in [0.25, 0.3) is 0 Å². The van der Waals surface area contributed by atoms with Gasteiger partial charge in [-0.3, -0.25) is 4.79 Å². The van der Waals surface area contributed by atoms with E-state index in [1.165, 1.54) is 13.2 Å². The number of carbonyl (C=O) groups excluding carboxylic acids is 1. The zero-order valence-corrected chi connectivity index (χ0v) is 13.1. The molecule has 21 heavy (non-hydrogen) atoms. The van der Waals surface area contributed by atoms with Gasteiger partial charge in [0.2, 0.25) is 5.91 Å². The van der Waals surface area contributed by atoms with Gasteiger partial charge in [-0.15, -0.1) is 0 Å². The third-order valence-electron chi connectivity index (χ3n) is 3.01. The smallest absolute Gasteiger partial charge is 0.224 e. The average molecular weight is 352 g/mol.